The van der Waals surface area contributed by atoms with E-state index in [1.54, 1.807) is 37.3 Å². The summed E-state index contributed by atoms with van der Waals surface area (Å²) in [6.45, 7) is 1.81. The number of sulfonamides is 1. The van der Waals surface area contributed by atoms with Crippen molar-refractivity contribution in [2.24, 2.45) is 0 Å². The number of benzene rings is 3. The molecule has 148 valence electrons. The van der Waals surface area contributed by atoms with E-state index in [4.69, 9.17) is 34.8 Å². The monoisotopic (exact) mass is 482 g/mol. The largest absolute Gasteiger partial charge is 0.280 e. The first-order valence-corrected chi connectivity index (χ1v) is 11.8. The fraction of sp³-hybridized carbons (Fsp3) is 0.0500. The van der Waals surface area contributed by atoms with E-state index in [0.717, 1.165) is 20.8 Å². The minimum absolute atomic E-state index is 0.0800. The number of aromatic nitrogens is 1. The van der Waals surface area contributed by atoms with Crippen molar-refractivity contribution in [3.63, 3.8) is 0 Å². The first-order valence-electron chi connectivity index (χ1n) is 8.38. The molecule has 4 rings (SSSR count). The normalized spacial score (nSPS) is 11.7. The van der Waals surface area contributed by atoms with Gasteiger partial charge in [-0.1, -0.05) is 40.9 Å². The van der Waals surface area contributed by atoms with Crippen LogP contribution in [0.2, 0.25) is 15.1 Å². The lowest BCUT2D eigenvalue weighted by atomic mass is 10.2. The Kier molecular flexibility index (Phi) is 5.48. The van der Waals surface area contributed by atoms with E-state index in [9.17, 15) is 8.42 Å². The number of aryl methyl sites for hydroxylation is 1. The van der Waals surface area contributed by atoms with Gasteiger partial charge >= 0.3 is 0 Å². The van der Waals surface area contributed by atoms with Crippen LogP contribution in [-0.2, 0) is 10.0 Å². The van der Waals surface area contributed by atoms with Crippen molar-refractivity contribution in [3.05, 3.63) is 75.2 Å². The Hall–Kier alpha value is -1.83. The van der Waals surface area contributed by atoms with Gasteiger partial charge in [-0.05, 0) is 61.0 Å². The maximum Gasteiger partial charge on any atom is 0.261 e. The lowest BCUT2D eigenvalue weighted by Gasteiger charge is -2.10. The van der Waals surface area contributed by atoms with E-state index < -0.39 is 10.0 Å². The molecule has 0 aliphatic heterocycles. The fourth-order valence-corrected chi connectivity index (χ4v) is 5.65. The van der Waals surface area contributed by atoms with Crippen molar-refractivity contribution in [3.8, 4) is 10.6 Å². The Bertz CT molecular complexity index is 1350. The number of halogens is 3. The van der Waals surface area contributed by atoms with Gasteiger partial charge in [0.15, 0.2) is 0 Å². The Labute approximate surface area is 187 Å². The zero-order chi connectivity index (χ0) is 20.8. The van der Waals surface area contributed by atoms with Crippen LogP contribution in [0.4, 0.5) is 5.69 Å². The molecule has 0 saturated carbocycles. The van der Waals surface area contributed by atoms with Crippen LogP contribution in [0.15, 0.2) is 59.5 Å². The van der Waals surface area contributed by atoms with Gasteiger partial charge in [0, 0.05) is 15.6 Å². The van der Waals surface area contributed by atoms with Crippen LogP contribution >= 0.6 is 46.1 Å². The second-order valence-corrected chi connectivity index (χ2v) is 10.3. The molecule has 1 heterocycles. The minimum atomic E-state index is -3.79. The Morgan fingerprint density at radius 2 is 1.72 bits per heavy atom. The highest BCUT2D eigenvalue weighted by molar-refractivity contribution is 7.92. The highest BCUT2D eigenvalue weighted by Gasteiger charge is 2.17. The summed E-state index contributed by atoms with van der Waals surface area (Å²) < 4.78 is 28.8. The van der Waals surface area contributed by atoms with Gasteiger partial charge in [0.2, 0.25) is 0 Å². The van der Waals surface area contributed by atoms with Crippen LogP contribution in [0.25, 0.3) is 20.8 Å². The third-order valence-corrected chi connectivity index (χ3v) is 7.64. The van der Waals surface area contributed by atoms with Crippen molar-refractivity contribution in [2.75, 3.05) is 4.72 Å². The average Bonchev–Trinajstić information content (AvgIpc) is 3.06. The molecule has 0 aliphatic rings. The summed E-state index contributed by atoms with van der Waals surface area (Å²) in [5.74, 6) is 0. The second-order valence-electron chi connectivity index (χ2n) is 6.34. The maximum atomic E-state index is 12.6. The molecular weight excluding hydrogens is 471 g/mol. The predicted octanol–water partition coefficient (Wildman–Crippen LogP) is 7.03. The zero-order valence-electron chi connectivity index (χ0n) is 14.9. The number of nitrogens with zero attached hydrogens (tertiary/aromatic N) is 1. The fourth-order valence-electron chi connectivity index (χ4n) is 2.72. The summed E-state index contributed by atoms with van der Waals surface area (Å²) >= 11 is 20.0. The van der Waals surface area contributed by atoms with Gasteiger partial charge < -0.3 is 0 Å². The molecule has 0 saturated heterocycles. The van der Waals surface area contributed by atoms with Crippen LogP contribution in [0.1, 0.15) is 5.56 Å². The van der Waals surface area contributed by atoms with Gasteiger partial charge in [0.25, 0.3) is 10.0 Å². The highest BCUT2D eigenvalue weighted by atomic mass is 35.5. The minimum Gasteiger partial charge on any atom is -0.280 e. The van der Waals surface area contributed by atoms with Gasteiger partial charge in [0.05, 0.1) is 25.8 Å². The van der Waals surface area contributed by atoms with E-state index in [1.165, 1.54) is 23.5 Å². The molecule has 9 heteroatoms. The van der Waals surface area contributed by atoms with E-state index >= 15 is 0 Å². The SMILES string of the molecule is Cc1ccc(S(=O)(=O)Nc2ccc(-c3nc4ccc(Cl)cc4s3)c(Cl)c2)cc1Cl. The van der Waals surface area contributed by atoms with Crippen molar-refractivity contribution in [2.45, 2.75) is 11.8 Å². The third kappa shape index (κ3) is 4.22. The smallest absolute Gasteiger partial charge is 0.261 e. The zero-order valence-corrected chi connectivity index (χ0v) is 18.8. The second kappa shape index (κ2) is 7.78. The van der Waals surface area contributed by atoms with Crippen molar-refractivity contribution >= 4 is 72.1 Å². The topological polar surface area (TPSA) is 59.1 Å². The van der Waals surface area contributed by atoms with Crippen LogP contribution < -0.4 is 4.72 Å². The number of thiazole rings is 1. The maximum absolute atomic E-state index is 12.6. The molecule has 0 atom stereocenters. The van der Waals surface area contributed by atoms with Gasteiger partial charge in [-0.15, -0.1) is 11.3 Å². The van der Waals surface area contributed by atoms with E-state index in [1.807, 2.05) is 12.1 Å². The Morgan fingerprint density at radius 3 is 2.45 bits per heavy atom. The van der Waals surface area contributed by atoms with Crippen LogP contribution in [0, 0.1) is 6.92 Å². The molecule has 0 unspecified atom stereocenters. The van der Waals surface area contributed by atoms with Crippen molar-refractivity contribution in [1.29, 1.82) is 0 Å². The molecular formula is C20H13Cl3N2O2S2. The number of nitrogens with one attached hydrogen (secondary N) is 1. The third-order valence-electron chi connectivity index (χ3n) is 4.26. The molecule has 1 N–H and O–H groups in total. The number of hydrogen-bond acceptors (Lipinski definition) is 4. The number of anilines is 1. The molecule has 0 spiro atoms. The molecule has 0 amide bonds. The number of rotatable bonds is 4. The first kappa shape index (κ1) is 20.4. The van der Waals surface area contributed by atoms with Crippen LogP contribution in [0.5, 0.6) is 0 Å². The van der Waals surface area contributed by atoms with E-state index in [0.29, 0.717) is 26.3 Å². The summed E-state index contributed by atoms with van der Waals surface area (Å²) in [6, 6.07) is 15.0. The van der Waals surface area contributed by atoms with Crippen LogP contribution in [-0.4, -0.2) is 13.4 Å². The van der Waals surface area contributed by atoms with E-state index in [2.05, 4.69) is 9.71 Å². The number of fused-ring (bicyclic) bond motifs is 1. The average molecular weight is 484 g/mol. The summed E-state index contributed by atoms with van der Waals surface area (Å²) in [5, 5.41) is 2.14. The van der Waals surface area contributed by atoms with Gasteiger partial charge in [-0.3, -0.25) is 4.72 Å². The lowest BCUT2D eigenvalue weighted by Crippen LogP contribution is -2.13. The lowest BCUT2D eigenvalue weighted by molar-refractivity contribution is 0.601. The quantitative estimate of drug-likeness (QED) is 0.339. The molecule has 3 aromatic carbocycles. The molecule has 1 aromatic heterocycles. The number of hydrogen-bond donors (Lipinski definition) is 1. The molecule has 0 radical (unpaired) electrons. The summed E-state index contributed by atoms with van der Waals surface area (Å²) in [5.41, 5.74) is 2.69. The Balaban J connectivity index is 1.65. The molecule has 0 fully saturated rings. The standard InChI is InChI=1S/C20H13Cl3N2O2S2/c1-11-2-5-14(10-16(11)22)29(26,27)25-13-4-6-15(17(23)9-13)20-24-18-7-3-12(21)8-19(18)28-20/h2-10,25H,1H3. The summed E-state index contributed by atoms with van der Waals surface area (Å²) in [4.78, 5) is 4.66. The molecule has 4 aromatic rings. The van der Waals surface area contributed by atoms with Gasteiger partial charge in [0.1, 0.15) is 5.01 Å². The van der Waals surface area contributed by atoms with Crippen LogP contribution in [0.3, 0.4) is 0 Å². The molecule has 4 nitrogen and oxygen atoms in total. The molecule has 0 bridgehead atoms. The van der Waals surface area contributed by atoms with Gasteiger partial charge in [-0.2, -0.15) is 0 Å². The Morgan fingerprint density at radius 1 is 0.931 bits per heavy atom. The van der Waals surface area contributed by atoms with E-state index in [-0.39, 0.29) is 4.90 Å². The predicted molar refractivity (Wildman–Crippen MR) is 122 cm³/mol. The van der Waals surface area contributed by atoms with Crippen molar-refractivity contribution < 1.29 is 8.42 Å². The van der Waals surface area contributed by atoms with Gasteiger partial charge in [-0.25, -0.2) is 13.4 Å². The molecule has 29 heavy (non-hydrogen) atoms. The highest BCUT2D eigenvalue weighted by Crippen LogP contribution is 2.36. The van der Waals surface area contributed by atoms with Crippen molar-refractivity contribution in [1.82, 2.24) is 4.98 Å². The summed E-state index contributed by atoms with van der Waals surface area (Å²) in [6.07, 6.45) is 0. The summed E-state index contributed by atoms with van der Waals surface area (Å²) in [7, 11) is -3.79. The molecule has 0 aliphatic carbocycles. The first-order chi connectivity index (χ1) is 13.7.